The summed E-state index contributed by atoms with van der Waals surface area (Å²) < 4.78 is 11.0. The molecule has 1 aromatic heterocycles. The third-order valence-corrected chi connectivity index (χ3v) is 4.56. The van der Waals surface area contributed by atoms with Crippen molar-refractivity contribution in [1.82, 2.24) is 15.5 Å². The molecule has 9 nitrogen and oxygen atoms in total. The van der Waals surface area contributed by atoms with Gasteiger partial charge in [0.15, 0.2) is 5.78 Å². The third kappa shape index (κ3) is 5.33. The Morgan fingerprint density at radius 1 is 1.10 bits per heavy atom. The molecular weight excluding hydrogens is 402 g/mol. The van der Waals surface area contributed by atoms with Crippen LogP contribution < -0.4 is 10.1 Å². The van der Waals surface area contributed by atoms with Crippen LogP contribution in [-0.2, 0) is 4.79 Å². The number of nitrogens with zero attached hydrogens (tertiary/aromatic N) is 2. The maximum absolute atomic E-state index is 12.7. The zero-order valence-electron chi connectivity index (χ0n) is 17.0. The fraction of sp³-hybridized carbons (Fsp3) is 0.227. The monoisotopic (exact) mass is 423 g/mol. The number of aromatic nitrogens is 2. The zero-order valence-corrected chi connectivity index (χ0v) is 17.0. The summed E-state index contributed by atoms with van der Waals surface area (Å²) in [6.07, 6.45) is -0.175. The lowest BCUT2D eigenvalue weighted by molar-refractivity contribution is -0.137. The highest BCUT2D eigenvalue weighted by atomic mass is 16.5. The number of hydrogen-bond acceptors (Lipinski definition) is 7. The van der Waals surface area contributed by atoms with Gasteiger partial charge in [0.2, 0.25) is 5.89 Å². The average Bonchev–Trinajstić information content (AvgIpc) is 3.26. The summed E-state index contributed by atoms with van der Waals surface area (Å²) in [4.78, 5) is 35.4. The quantitative estimate of drug-likeness (QED) is 0.501. The number of ketones is 1. The van der Waals surface area contributed by atoms with Gasteiger partial charge < -0.3 is 19.6 Å². The van der Waals surface area contributed by atoms with Crippen LogP contribution >= 0.6 is 0 Å². The van der Waals surface area contributed by atoms with Gasteiger partial charge in [-0.25, -0.2) is 0 Å². The first-order chi connectivity index (χ1) is 14.9. The highest BCUT2D eigenvalue weighted by Crippen LogP contribution is 2.30. The van der Waals surface area contributed by atoms with Gasteiger partial charge in [-0.05, 0) is 37.6 Å². The van der Waals surface area contributed by atoms with Crippen LogP contribution in [0.2, 0.25) is 0 Å². The second-order valence-electron chi connectivity index (χ2n) is 6.74. The molecule has 160 valence electrons. The summed E-state index contributed by atoms with van der Waals surface area (Å²) >= 11 is 0. The van der Waals surface area contributed by atoms with E-state index in [2.05, 4.69) is 15.5 Å². The molecule has 0 radical (unpaired) electrons. The minimum atomic E-state index is -1.03. The smallest absolute Gasteiger partial charge is 0.303 e. The largest absolute Gasteiger partial charge is 0.496 e. The van der Waals surface area contributed by atoms with Crippen molar-refractivity contribution in [2.45, 2.75) is 25.8 Å². The van der Waals surface area contributed by atoms with Crippen molar-refractivity contribution in [2.24, 2.45) is 0 Å². The fourth-order valence-electron chi connectivity index (χ4n) is 2.95. The number of amides is 1. The van der Waals surface area contributed by atoms with E-state index in [9.17, 15) is 14.4 Å². The van der Waals surface area contributed by atoms with Gasteiger partial charge in [0.25, 0.3) is 11.8 Å². The SMILES string of the molecule is COc1ccccc1-c1nnc([C@H](CCC(=O)O)NC(=O)c2cccc(C(C)=O)c2)o1. The van der Waals surface area contributed by atoms with Crippen molar-refractivity contribution in [3.63, 3.8) is 0 Å². The standard InChI is InChI=1S/C22H21N3O6/c1-13(26)14-6-5-7-15(12-14)20(29)23-17(10-11-19(27)28)22-25-24-21(31-22)16-8-3-4-9-18(16)30-2/h3-9,12,17H,10-11H2,1-2H3,(H,23,29)(H,27,28)/t17-/m0/s1. The Kier molecular flexibility index (Phi) is 6.76. The number of ether oxygens (including phenoxy) is 1. The van der Waals surface area contributed by atoms with Crippen LogP contribution in [0.1, 0.15) is 52.4 Å². The minimum absolute atomic E-state index is 0.0427. The van der Waals surface area contributed by atoms with Crippen LogP contribution in [0.25, 0.3) is 11.5 Å². The van der Waals surface area contributed by atoms with E-state index in [1.165, 1.54) is 20.1 Å². The van der Waals surface area contributed by atoms with Crippen molar-refractivity contribution < 1.29 is 28.6 Å². The molecule has 2 aromatic carbocycles. The van der Waals surface area contributed by atoms with Crippen LogP contribution in [0.15, 0.2) is 52.9 Å². The maximum atomic E-state index is 12.7. The first-order valence-electron chi connectivity index (χ1n) is 9.49. The molecule has 0 aliphatic heterocycles. The Labute approximate surface area is 178 Å². The molecule has 0 spiro atoms. The van der Waals surface area contributed by atoms with Crippen molar-refractivity contribution in [3.8, 4) is 17.2 Å². The molecule has 0 bridgehead atoms. The zero-order chi connectivity index (χ0) is 22.4. The highest BCUT2D eigenvalue weighted by Gasteiger charge is 2.24. The number of rotatable bonds is 9. The molecule has 1 amide bonds. The molecule has 31 heavy (non-hydrogen) atoms. The van der Waals surface area contributed by atoms with Gasteiger partial charge in [-0.3, -0.25) is 14.4 Å². The van der Waals surface area contributed by atoms with Crippen LogP contribution in [0.5, 0.6) is 5.75 Å². The van der Waals surface area contributed by atoms with Crippen LogP contribution in [0.4, 0.5) is 0 Å². The predicted octanol–water partition coefficient (Wildman–Crippen LogP) is 3.28. The summed E-state index contributed by atoms with van der Waals surface area (Å²) in [5.41, 5.74) is 1.23. The van der Waals surface area contributed by atoms with Crippen molar-refractivity contribution in [1.29, 1.82) is 0 Å². The summed E-state index contributed by atoms with van der Waals surface area (Å²) in [6, 6.07) is 12.5. The van der Waals surface area contributed by atoms with Gasteiger partial charge in [0.1, 0.15) is 11.8 Å². The van der Waals surface area contributed by atoms with Crippen LogP contribution in [0, 0.1) is 0 Å². The molecule has 9 heteroatoms. The number of carboxylic acids is 1. The van der Waals surface area contributed by atoms with E-state index < -0.39 is 17.9 Å². The number of nitrogens with one attached hydrogen (secondary N) is 1. The van der Waals surface area contributed by atoms with Gasteiger partial charge >= 0.3 is 5.97 Å². The van der Waals surface area contributed by atoms with Crippen molar-refractivity contribution >= 4 is 17.7 Å². The molecule has 3 rings (SSSR count). The van der Waals surface area contributed by atoms with E-state index in [1.807, 2.05) is 0 Å². The van der Waals surface area contributed by atoms with E-state index in [1.54, 1.807) is 42.5 Å². The molecule has 0 saturated heterocycles. The third-order valence-electron chi connectivity index (χ3n) is 4.56. The predicted molar refractivity (Wildman–Crippen MR) is 110 cm³/mol. The van der Waals surface area contributed by atoms with Gasteiger partial charge in [-0.2, -0.15) is 0 Å². The number of benzene rings is 2. The number of methoxy groups -OCH3 is 1. The maximum Gasteiger partial charge on any atom is 0.303 e. The Bertz CT molecular complexity index is 1110. The lowest BCUT2D eigenvalue weighted by atomic mass is 10.1. The number of carboxylic acid groups (broad SMARTS) is 1. The Balaban J connectivity index is 1.87. The van der Waals surface area contributed by atoms with E-state index in [4.69, 9.17) is 14.3 Å². The Hall–Kier alpha value is -4.01. The van der Waals surface area contributed by atoms with Crippen molar-refractivity contribution in [2.75, 3.05) is 7.11 Å². The fourth-order valence-corrected chi connectivity index (χ4v) is 2.95. The lowest BCUT2D eigenvalue weighted by Gasteiger charge is -2.14. The molecule has 0 aliphatic rings. The lowest BCUT2D eigenvalue weighted by Crippen LogP contribution is -2.29. The molecule has 3 aromatic rings. The number of carbonyl (C=O) groups excluding carboxylic acids is 2. The summed E-state index contributed by atoms with van der Waals surface area (Å²) in [7, 11) is 1.52. The van der Waals surface area contributed by atoms with E-state index in [0.29, 0.717) is 16.9 Å². The van der Waals surface area contributed by atoms with E-state index in [0.717, 1.165) is 0 Å². The second-order valence-corrected chi connectivity index (χ2v) is 6.74. The molecule has 0 fully saturated rings. The van der Waals surface area contributed by atoms with Gasteiger partial charge in [-0.1, -0.05) is 24.3 Å². The molecule has 1 heterocycles. The first-order valence-corrected chi connectivity index (χ1v) is 9.49. The molecule has 0 unspecified atom stereocenters. The van der Waals surface area contributed by atoms with Crippen LogP contribution in [0.3, 0.4) is 0 Å². The van der Waals surface area contributed by atoms with E-state index >= 15 is 0 Å². The van der Waals surface area contributed by atoms with Gasteiger partial charge in [-0.15, -0.1) is 10.2 Å². The van der Waals surface area contributed by atoms with Gasteiger partial charge in [0.05, 0.1) is 12.7 Å². The number of carbonyl (C=O) groups is 3. The highest BCUT2D eigenvalue weighted by molar-refractivity contribution is 5.99. The average molecular weight is 423 g/mol. The summed E-state index contributed by atoms with van der Waals surface area (Å²) in [5, 5.41) is 19.8. The summed E-state index contributed by atoms with van der Waals surface area (Å²) in [5.74, 6) is -0.906. The Morgan fingerprint density at radius 3 is 2.55 bits per heavy atom. The van der Waals surface area contributed by atoms with Crippen LogP contribution in [-0.4, -0.2) is 40.1 Å². The second kappa shape index (κ2) is 9.66. The minimum Gasteiger partial charge on any atom is -0.496 e. The van der Waals surface area contributed by atoms with Gasteiger partial charge in [0, 0.05) is 17.5 Å². The molecular formula is C22H21N3O6. The Morgan fingerprint density at radius 2 is 1.84 bits per heavy atom. The number of hydrogen-bond donors (Lipinski definition) is 2. The number of aliphatic carboxylic acids is 1. The molecule has 0 aliphatic carbocycles. The number of Topliss-reactive ketones (excluding diaryl/α,β-unsaturated/α-hetero) is 1. The number of para-hydroxylation sites is 1. The summed E-state index contributed by atoms with van der Waals surface area (Å²) in [6.45, 7) is 1.41. The normalized spacial score (nSPS) is 11.5. The molecule has 2 N–H and O–H groups in total. The van der Waals surface area contributed by atoms with Crippen molar-refractivity contribution in [3.05, 3.63) is 65.5 Å². The first kappa shape index (κ1) is 21.7. The molecule has 1 atom stereocenters. The van der Waals surface area contributed by atoms with E-state index in [-0.39, 0.29) is 36.0 Å². The topological polar surface area (TPSA) is 132 Å². The molecule has 0 saturated carbocycles.